The molecule has 3 N–H and O–H groups in total. The molecule has 0 radical (unpaired) electrons. The Balaban J connectivity index is 0.00000220. The maximum absolute atomic E-state index is 11.7. The number of amides is 1. The number of hydrogen-bond donors (Lipinski definition) is 2. The molecule has 1 aliphatic carbocycles. The van der Waals surface area contributed by atoms with E-state index in [1.165, 1.54) is 12.8 Å². The summed E-state index contributed by atoms with van der Waals surface area (Å²) >= 11 is 0. The molecule has 0 aliphatic heterocycles. The van der Waals surface area contributed by atoms with Gasteiger partial charge in [0, 0.05) is 24.8 Å². The topological polar surface area (TPSA) is 64.4 Å². The van der Waals surface area contributed by atoms with Crippen LogP contribution in [-0.2, 0) is 16.1 Å². The van der Waals surface area contributed by atoms with Gasteiger partial charge in [0.05, 0.1) is 6.61 Å². The van der Waals surface area contributed by atoms with Crippen LogP contribution in [0.3, 0.4) is 0 Å². The SMILES string of the molecule is CC(N)CCC(=O)Nc1cccc(COCC2CC2)c1.Cl. The Morgan fingerprint density at radius 2 is 2.24 bits per heavy atom. The van der Waals surface area contributed by atoms with Crippen LogP contribution in [0.5, 0.6) is 0 Å². The molecule has 0 heterocycles. The predicted molar refractivity (Wildman–Crippen MR) is 87.6 cm³/mol. The van der Waals surface area contributed by atoms with Gasteiger partial charge in [0.1, 0.15) is 0 Å². The molecule has 0 aromatic heterocycles. The van der Waals surface area contributed by atoms with E-state index in [4.69, 9.17) is 10.5 Å². The smallest absolute Gasteiger partial charge is 0.224 e. The largest absolute Gasteiger partial charge is 0.376 e. The molecular weight excluding hydrogens is 288 g/mol. The Kier molecular flexibility index (Phi) is 7.72. The molecule has 2 rings (SSSR count). The molecule has 0 bridgehead atoms. The normalized spacial score (nSPS) is 15.1. The van der Waals surface area contributed by atoms with Crippen molar-refractivity contribution in [3.63, 3.8) is 0 Å². The van der Waals surface area contributed by atoms with Crippen LogP contribution in [0.15, 0.2) is 24.3 Å². The highest BCUT2D eigenvalue weighted by Gasteiger charge is 2.20. The Hall–Kier alpha value is -1.10. The second-order valence-corrected chi connectivity index (χ2v) is 5.72. The van der Waals surface area contributed by atoms with Crippen LogP contribution < -0.4 is 11.1 Å². The molecule has 1 aromatic rings. The third kappa shape index (κ3) is 7.46. The number of nitrogens with two attached hydrogens (primary N) is 1. The molecule has 1 saturated carbocycles. The van der Waals surface area contributed by atoms with Crippen molar-refractivity contribution < 1.29 is 9.53 Å². The number of carbonyl (C=O) groups excluding carboxylic acids is 1. The van der Waals surface area contributed by atoms with Gasteiger partial charge in [0.25, 0.3) is 0 Å². The van der Waals surface area contributed by atoms with E-state index >= 15 is 0 Å². The summed E-state index contributed by atoms with van der Waals surface area (Å²) < 4.78 is 5.65. The summed E-state index contributed by atoms with van der Waals surface area (Å²) in [4.78, 5) is 11.7. The molecule has 1 atom stereocenters. The maximum atomic E-state index is 11.7. The van der Waals surface area contributed by atoms with Gasteiger partial charge in [-0.05, 0) is 49.8 Å². The number of carbonyl (C=O) groups is 1. The van der Waals surface area contributed by atoms with Crippen molar-refractivity contribution in [3.8, 4) is 0 Å². The van der Waals surface area contributed by atoms with E-state index < -0.39 is 0 Å². The molecule has 21 heavy (non-hydrogen) atoms. The van der Waals surface area contributed by atoms with E-state index in [-0.39, 0.29) is 24.4 Å². The fourth-order valence-corrected chi connectivity index (χ4v) is 1.95. The van der Waals surface area contributed by atoms with Crippen molar-refractivity contribution in [1.82, 2.24) is 0 Å². The van der Waals surface area contributed by atoms with E-state index in [1.54, 1.807) is 0 Å². The number of halogens is 1. The summed E-state index contributed by atoms with van der Waals surface area (Å²) in [5.41, 5.74) is 7.57. The highest BCUT2D eigenvalue weighted by Crippen LogP contribution is 2.29. The maximum Gasteiger partial charge on any atom is 0.224 e. The van der Waals surface area contributed by atoms with Crippen molar-refractivity contribution in [2.24, 2.45) is 11.7 Å². The van der Waals surface area contributed by atoms with Gasteiger partial charge in [-0.1, -0.05) is 12.1 Å². The van der Waals surface area contributed by atoms with E-state index in [0.717, 1.165) is 23.8 Å². The van der Waals surface area contributed by atoms with Crippen LogP contribution in [0.4, 0.5) is 5.69 Å². The summed E-state index contributed by atoms with van der Waals surface area (Å²) in [5.74, 6) is 0.787. The first-order valence-electron chi connectivity index (χ1n) is 7.35. The van der Waals surface area contributed by atoms with Gasteiger partial charge in [0.2, 0.25) is 5.91 Å². The van der Waals surface area contributed by atoms with Crippen molar-refractivity contribution in [3.05, 3.63) is 29.8 Å². The van der Waals surface area contributed by atoms with Gasteiger partial charge in [0.15, 0.2) is 0 Å². The van der Waals surface area contributed by atoms with Crippen LogP contribution in [0.2, 0.25) is 0 Å². The standard InChI is InChI=1S/C16H24N2O2.ClH/c1-12(17)5-8-16(19)18-15-4-2-3-14(9-15)11-20-10-13-6-7-13;/h2-4,9,12-13H,5-8,10-11,17H2,1H3,(H,18,19);1H. The van der Waals surface area contributed by atoms with E-state index in [1.807, 2.05) is 31.2 Å². The zero-order valence-corrected chi connectivity index (χ0v) is 13.3. The highest BCUT2D eigenvalue weighted by molar-refractivity contribution is 5.90. The monoisotopic (exact) mass is 312 g/mol. The van der Waals surface area contributed by atoms with Gasteiger partial charge in [-0.15, -0.1) is 12.4 Å². The summed E-state index contributed by atoms with van der Waals surface area (Å²) in [7, 11) is 0. The third-order valence-electron chi connectivity index (χ3n) is 3.36. The number of nitrogens with one attached hydrogen (secondary N) is 1. The molecule has 4 nitrogen and oxygen atoms in total. The van der Waals surface area contributed by atoms with Crippen LogP contribution >= 0.6 is 12.4 Å². The fourth-order valence-electron chi connectivity index (χ4n) is 1.95. The minimum absolute atomic E-state index is 0. The number of rotatable bonds is 8. The van der Waals surface area contributed by atoms with Crippen molar-refractivity contribution in [1.29, 1.82) is 0 Å². The summed E-state index contributed by atoms with van der Waals surface area (Å²) in [5, 5.41) is 2.90. The first-order valence-corrected chi connectivity index (χ1v) is 7.35. The van der Waals surface area contributed by atoms with E-state index in [2.05, 4.69) is 5.32 Å². The van der Waals surface area contributed by atoms with Gasteiger partial charge in [-0.2, -0.15) is 0 Å². The lowest BCUT2D eigenvalue weighted by Gasteiger charge is -2.09. The van der Waals surface area contributed by atoms with Gasteiger partial charge < -0.3 is 15.8 Å². The molecule has 1 fully saturated rings. The molecule has 5 heteroatoms. The van der Waals surface area contributed by atoms with Crippen molar-refractivity contribution in [2.45, 2.75) is 45.3 Å². The van der Waals surface area contributed by atoms with Gasteiger partial charge >= 0.3 is 0 Å². The van der Waals surface area contributed by atoms with Crippen molar-refractivity contribution in [2.75, 3.05) is 11.9 Å². The molecule has 1 unspecified atom stereocenters. The first kappa shape index (κ1) is 18.0. The zero-order chi connectivity index (χ0) is 14.4. The fraction of sp³-hybridized carbons (Fsp3) is 0.562. The van der Waals surface area contributed by atoms with Crippen LogP contribution in [0.1, 0.15) is 38.2 Å². The summed E-state index contributed by atoms with van der Waals surface area (Å²) in [6.07, 6.45) is 3.77. The number of anilines is 1. The highest BCUT2D eigenvalue weighted by atomic mass is 35.5. The van der Waals surface area contributed by atoms with Gasteiger partial charge in [-0.3, -0.25) is 4.79 Å². The number of ether oxygens (including phenoxy) is 1. The molecule has 1 aliphatic rings. The Morgan fingerprint density at radius 3 is 2.90 bits per heavy atom. The van der Waals surface area contributed by atoms with Crippen LogP contribution in [0, 0.1) is 5.92 Å². The number of benzene rings is 1. The second kappa shape index (κ2) is 9.03. The molecule has 0 spiro atoms. The zero-order valence-electron chi connectivity index (χ0n) is 12.5. The van der Waals surface area contributed by atoms with Crippen molar-refractivity contribution >= 4 is 24.0 Å². The quantitative estimate of drug-likeness (QED) is 0.775. The first-order chi connectivity index (χ1) is 9.63. The third-order valence-corrected chi connectivity index (χ3v) is 3.36. The minimum Gasteiger partial charge on any atom is -0.376 e. The minimum atomic E-state index is 0. The van der Waals surface area contributed by atoms with Gasteiger partial charge in [-0.25, -0.2) is 0 Å². The summed E-state index contributed by atoms with van der Waals surface area (Å²) in [6, 6.07) is 7.88. The van der Waals surface area contributed by atoms with E-state index in [0.29, 0.717) is 19.4 Å². The summed E-state index contributed by atoms with van der Waals surface area (Å²) in [6.45, 7) is 3.37. The average Bonchev–Trinajstić information content (AvgIpc) is 3.21. The molecule has 0 saturated heterocycles. The Bertz CT molecular complexity index is 448. The molecular formula is C16H25ClN2O2. The van der Waals surface area contributed by atoms with Crippen LogP contribution in [0.25, 0.3) is 0 Å². The number of hydrogen-bond acceptors (Lipinski definition) is 3. The van der Waals surface area contributed by atoms with E-state index in [9.17, 15) is 4.79 Å². The average molecular weight is 313 g/mol. The molecule has 1 aromatic carbocycles. The lowest BCUT2D eigenvalue weighted by Crippen LogP contribution is -2.19. The lowest BCUT2D eigenvalue weighted by atomic mass is 10.1. The second-order valence-electron chi connectivity index (χ2n) is 5.72. The Morgan fingerprint density at radius 1 is 1.48 bits per heavy atom. The lowest BCUT2D eigenvalue weighted by molar-refractivity contribution is -0.116. The molecule has 118 valence electrons. The Labute approximate surface area is 132 Å². The van der Waals surface area contributed by atoms with Crippen LogP contribution in [-0.4, -0.2) is 18.6 Å². The molecule has 1 amide bonds. The predicted octanol–water partition coefficient (Wildman–Crippen LogP) is 3.10.